The van der Waals surface area contributed by atoms with Crippen molar-refractivity contribution in [1.82, 2.24) is 10.2 Å². The van der Waals surface area contributed by atoms with E-state index in [9.17, 15) is 9.59 Å². The predicted molar refractivity (Wildman–Crippen MR) is 126 cm³/mol. The van der Waals surface area contributed by atoms with Crippen LogP contribution in [-0.2, 0) is 16.0 Å². The molecule has 2 rings (SSSR count). The Morgan fingerprint density at radius 2 is 1.61 bits per heavy atom. The molecule has 0 saturated carbocycles. The second-order valence-electron chi connectivity index (χ2n) is 7.34. The van der Waals surface area contributed by atoms with Crippen molar-refractivity contribution >= 4 is 46.7 Å². The summed E-state index contributed by atoms with van der Waals surface area (Å²) in [6.45, 7) is 3.96. The molecule has 0 spiro atoms. The third-order valence-electron chi connectivity index (χ3n) is 5.08. The quantitative estimate of drug-likeness (QED) is 0.383. The molecule has 2 aromatic rings. The average Bonchev–Trinajstić information content (AvgIpc) is 2.72. The average molecular weight is 486 g/mol. The van der Waals surface area contributed by atoms with E-state index < -0.39 is 5.97 Å². The number of hydrogen-bond donors (Lipinski definition) is 2. The van der Waals surface area contributed by atoms with E-state index in [4.69, 9.17) is 39.9 Å². The first-order chi connectivity index (χ1) is 14.8. The molecule has 2 aromatic carbocycles. The summed E-state index contributed by atoms with van der Waals surface area (Å²) in [6, 6.07) is 12.9. The van der Waals surface area contributed by atoms with E-state index in [2.05, 4.69) is 17.1 Å². The van der Waals surface area contributed by atoms with Gasteiger partial charge in [0.15, 0.2) is 0 Å². The predicted octanol–water partition coefficient (Wildman–Crippen LogP) is 5.62. The molecule has 8 heteroatoms. The highest BCUT2D eigenvalue weighted by Gasteiger charge is 2.16. The minimum Gasteiger partial charge on any atom is -0.481 e. The number of nitrogens with one attached hydrogen (secondary N) is 1. The lowest BCUT2D eigenvalue weighted by Crippen LogP contribution is -2.33. The van der Waals surface area contributed by atoms with Gasteiger partial charge in [-0.15, -0.1) is 0 Å². The Morgan fingerprint density at radius 3 is 2.23 bits per heavy atom. The third-order valence-corrected chi connectivity index (χ3v) is 6.04. The van der Waals surface area contributed by atoms with Crippen molar-refractivity contribution in [2.24, 2.45) is 0 Å². The van der Waals surface area contributed by atoms with Gasteiger partial charge in [0, 0.05) is 40.6 Å². The molecule has 5 nitrogen and oxygen atoms in total. The number of nitrogens with zero attached hydrogens (tertiary/aromatic N) is 1. The van der Waals surface area contributed by atoms with Gasteiger partial charge in [-0.25, -0.2) is 0 Å². The van der Waals surface area contributed by atoms with Crippen LogP contribution in [0.1, 0.15) is 43.4 Å². The van der Waals surface area contributed by atoms with Gasteiger partial charge in [0.1, 0.15) is 0 Å². The van der Waals surface area contributed by atoms with Crippen molar-refractivity contribution in [2.75, 3.05) is 19.6 Å². The fourth-order valence-electron chi connectivity index (χ4n) is 3.32. The SMILES string of the molecule is CC(c1ccc(Cl)cc1)N(CCCNC(=O)Cc1c(Cl)cccc1Cl)CCCC(=O)O. The summed E-state index contributed by atoms with van der Waals surface area (Å²) < 4.78 is 0. The molecular weight excluding hydrogens is 459 g/mol. The van der Waals surface area contributed by atoms with Crippen molar-refractivity contribution in [3.05, 3.63) is 68.7 Å². The smallest absolute Gasteiger partial charge is 0.303 e. The molecule has 0 saturated heterocycles. The van der Waals surface area contributed by atoms with Crippen molar-refractivity contribution in [3.63, 3.8) is 0 Å². The molecule has 168 valence electrons. The van der Waals surface area contributed by atoms with Crippen LogP contribution in [0, 0.1) is 0 Å². The topological polar surface area (TPSA) is 69.6 Å². The molecule has 0 aliphatic heterocycles. The van der Waals surface area contributed by atoms with Gasteiger partial charge >= 0.3 is 5.97 Å². The van der Waals surface area contributed by atoms with Gasteiger partial charge in [0.05, 0.1) is 6.42 Å². The molecule has 0 heterocycles. The molecular formula is C23H27Cl3N2O3. The van der Waals surface area contributed by atoms with Crippen molar-refractivity contribution < 1.29 is 14.7 Å². The number of aliphatic carboxylic acids is 1. The van der Waals surface area contributed by atoms with E-state index in [-0.39, 0.29) is 24.8 Å². The number of carboxylic acid groups (broad SMARTS) is 1. The zero-order valence-electron chi connectivity index (χ0n) is 17.4. The Bertz CT molecular complexity index is 855. The highest BCUT2D eigenvalue weighted by molar-refractivity contribution is 6.36. The van der Waals surface area contributed by atoms with Crippen LogP contribution >= 0.6 is 34.8 Å². The van der Waals surface area contributed by atoms with Crippen LogP contribution in [0.2, 0.25) is 15.1 Å². The Hall–Kier alpha value is -1.79. The normalized spacial score (nSPS) is 12.0. The standard InChI is InChI=1S/C23H27Cl3N2O3/c1-16(17-8-10-18(24)11-9-17)28(13-3-7-23(30)31)14-4-12-27-22(29)15-19-20(25)5-2-6-21(19)26/h2,5-6,8-11,16H,3-4,7,12-15H2,1H3,(H,27,29)(H,30,31). The van der Waals surface area contributed by atoms with Crippen LogP contribution < -0.4 is 5.32 Å². The Balaban J connectivity index is 1.87. The van der Waals surface area contributed by atoms with Gasteiger partial charge in [-0.1, -0.05) is 53.0 Å². The molecule has 2 N–H and O–H groups in total. The first-order valence-electron chi connectivity index (χ1n) is 10.2. The van der Waals surface area contributed by atoms with Crippen LogP contribution in [0.5, 0.6) is 0 Å². The van der Waals surface area contributed by atoms with E-state index in [0.29, 0.717) is 40.1 Å². The van der Waals surface area contributed by atoms with Crippen LogP contribution in [-0.4, -0.2) is 41.5 Å². The fraction of sp³-hybridized carbons (Fsp3) is 0.391. The van der Waals surface area contributed by atoms with E-state index in [1.54, 1.807) is 18.2 Å². The second kappa shape index (κ2) is 12.9. The molecule has 0 aromatic heterocycles. The summed E-state index contributed by atoms with van der Waals surface area (Å²) >= 11 is 18.2. The lowest BCUT2D eigenvalue weighted by Gasteiger charge is -2.29. The largest absolute Gasteiger partial charge is 0.481 e. The number of carbonyl (C=O) groups excluding carboxylic acids is 1. The zero-order chi connectivity index (χ0) is 22.8. The first-order valence-corrected chi connectivity index (χ1v) is 11.3. The fourth-order valence-corrected chi connectivity index (χ4v) is 3.98. The highest BCUT2D eigenvalue weighted by atomic mass is 35.5. The summed E-state index contributed by atoms with van der Waals surface area (Å²) in [5, 5.41) is 13.5. The number of amides is 1. The van der Waals surface area contributed by atoms with Crippen LogP contribution in [0.4, 0.5) is 0 Å². The van der Waals surface area contributed by atoms with Crippen molar-refractivity contribution in [3.8, 4) is 0 Å². The van der Waals surface area contributed by atoms with Gasteiger partial charge in [-0.3, -0.25) is 14.5 Å². The lowest BCUT2D eigenvalue weighted by molar-refractivity contribution is -0.137. The Morgan fingerprint density at radius 1 is 1.00 bits per heavy atom. The number of halogens is 3. The minimum absolute atomic E-state index is 0.101. The first kappa shape index (κ1) is 25.5. The molecule has 0 aliphatic rings. The monoisotopic (exact) mass is 484 g/mol. The highest BCUT2D eigenvalue weighted by Crippen LogP contribution is 2.25. The number of carbonyl (C=O) groups is 2. The van der Waals surface area contributed by atoms with E-state index in [1.165, 1.54) is 0 Å². The molecule has 0 fully saturated rings. The van der Waals surface area contributed by atoms with Crippen molar-refractivity contribution in [2.45, 2.75) is 38.6 Å². The second-order valence-corrected chi connectivity index (χ2v) is 8.59. The van der Waals surface area contributed by atoms with Crippen LogP contribution in [0.3, 0.4) is 0 Å². The lowest BCUT2D eigenvalue weighted by atomic mass is 10.1. The van der Waals surface area contributed by atoms with Gasteiger partial charge in [0.25, 0.3) is 0 Å². The molecule has 31 heavy (non-hydrogen) atoms. The third kappa shape index (κ3) is 8.69. The number of benzene rings is 2. The zero-order valence-corrected chi connectivity index (χ0v) is 19.7. The van der Waals surface area contributed by atoms with Crippen LogP contribution in [0.25, 0.3) is 0 Å². The van der Waals surface area contributed by atoms with Crippen LogP contribution in [0.15, 0.2) is 42.5 Å². The van der Waals surface area contributed by atoms with Gasteiger partial charge in [-0.05, 0) is 61.7 Å². The van der Waals surface area contributed by atoms with Gasteiger partial charge < -0.3 is 10.4 Å². The molecule has 1 unspecified atom stereocenters. The summed E-state index contributed by atoms with van der Waals surface area (Å²) in [6.07, 6.45) is 1.54. The van der Waals surface area contributed by atoms with Crippen molar-refractivity contribution in [1.29, 1.82) is 0 Å². The maximum atomic E-state index is 12.3. The minimum atomic E-state index is -0.801. The molecule has 0 radical (unpaired) electrons. The van der Waals surface area contributed by atoms with E-state index in [1.807, 2.05) is 24.3 Å². The number of hydrogen-bond acceptors (Lipinski definition) is 3. The van der Waals surface area contributed by atoms with Gasteiger partial charge in [0.2, 0.25) is 5.91 Å². The Labute approximate surface area is 198 Å². The maximum absolute atomic E-state index is 12.3. The molecule has 0 aliphatic carbocycles. The number of rotatable bonds is 12. The molecule has 0 bridgehead atoms. The maximum Gasteiger partial charge on any atom is 0.303 e. The number of carboxylic acids is 1. The molecule has 1 amide bonds. The molecule has 1 atom stereocenters. The summed E-state index contributed by atoms with van der Waals surface area (Å²) in [5.74, 6) is -0.942. The summed E-state index contributed by atoms with van der Waals surface area (Å²) in [4.78, 5) is 25.4. The summed E-state index contributed by atoms with van der Waals surface area (Å²) in [7, 11) is 0. The van der Waals surface area contributed by atoms with Gasteiger partial charge in [-0.2, -0.15) is 0 Å². The van der Waals surface area contributed by atoms with E-state index in [0.717, 1.165) is 18.5 Å². The van der Waals surface area contributed by atoms with E-state index >= 15 is 0 Å². The summed E-state index contributed by atoms with van der Waals surface area (Å²) in [5.41, 5.74) is 1.73. The Kier molecular flexibility index (Phi) is 10.6.